The standard InChI is InChI=1S/C34H47FN2O.2C8H16.C4H10.C2H6/c1-12-16-20-36-32(26(8)27(9)37-31(17-13-2)30(35)15-4)22-24(6)28-18-19-29(25(7)21-28)34(10,11)33(38)23(5)14-3;1-3-4-8-5-7(2)6-8;1-3-5-8(4-2)6-7-8;1-4(2)3;1-2/h13,15,17-23,37H,4,6,12,14,16H2,1-3,5,7-11H3;7-8H,3-6H2,1-2H3;3-7H2,1-2H3;4H,1-3H3;1-2H3/b17-13-,27-26+,31-30-,32-22+,36-20?;;;;. The van der Waals surface area contributed by atoms with Crippen molar-refractivity contribution in [2.75, 3.05) is 0 Å². The molecule has 3 rings (SSSR count). The summed E-state index contributed by atoms with van der Waals surface area (Å²) in [4.78, 5) is 17.8. The molecule has 2 aliphatic rings. The van der Waals surface area contributed by atoms with Crippen molar-refractivity contribution < 1.29 is 9.18 Å². The van der Waals surface area contributed by atoms with E-state index in [9.17, 15) is 9.18 Å². The minimum absolute atomic E-state index is 0.0141. The Morgan fingerprint density at radius 3 is 2.00 bits per heavy atom. The predicted molar refractivity (Wildman–Crippen MR) is 269 cm³/mol. The molecule has 342 valence electrons. The third-order valence-corrected chi connectivity index (χ3v) is 11.6. The van der Waals surface area contributed by atoms with E-state index in [0.29, 0.717) is 5.70 Å². The average molecular weight is 831 g/mol. The van der Waals surface area contributed by atoms with Crippen LogP contribution in [0.3, 0.4) is 0 Å². The Labute approximate surface area is 372 Å². The summed E-state index contributed by atoms with van der Waals surface area (Å²) in [6.45, 7) is 45.5. The van der Waals surface area contributed by atoms with Crippen molar-refractivity contribution in [3.05, 3.63) is 101 Å². The smallest absolute Gasteiger partial charge is 0.146 e. The van der Waals surface area contributed by atoms with Crippen LogP contribution < -0.4 is 5.32 Å². The highest BCUT2D eigenvalue weighted by atomic mass is 19.1. The number of benzene rings is 1. The van der Waals surface area contributed by atoms with Gasteiger partial charge in [-0.15, -0.1) is 0 Å². The van der Waals surface area contributed by atoms with Gasteiger partial charge in [-0.3, -0.25) is 9.79 Å². The van der Waals surface area contributed by atoms with Gasteiger partial charge >= 0.3 is 0 Å². The van der Waals surface area contributed by atoms with Gasteiger partial charge < -0.3 is 5.32 Å². The number of hydrogen-bond donors (Lipinski definition) is 1. The van der Waals surface area contributed by atoms with E-state index in [1.54, 1.807) is 12.2 Å². The van der Waals surface area contributed by atoms with Crippen LogP contribution in [0.25, 0.3) is 5.57 Å². The molecule has 0 aliphatic heterocycles. The van der Waals surface area contributed by atoms with Gasteiger partial charge in [-0.1, -0.05) is 153 Å². The molecule has 60 heavy (non-hydrogen) atoms. The minimum atomic E-state index is -0.564. The van der Waals surface area contributed by atoms with E-state index in [-0.39, 0.29) is 11.7 Å². The molecule has 0 amide bonds. The van der Waals surface area contributed by atoms with Crippen molar-refractivity contribution in [3.63, 3.8) is 0 Å². The summed E-state index contributed by atoms with van der Waals surface area (Å²) in [5.41, 5.74) is 6.90. The second-order valence-electron chi connectivity index (χ2n) is 18.4. The molecule has 2 aliphatic carbocycles. The topological polar surface area (TPSA) is 41.5 Å². The van der Waals surface area contributed by atoms with Crippen molar-refractivity contribution in [1.82, 2.24) is 5.32 Å². The molecule has 4 heteroatoms. The van der Waals surface area contributed by atoms with E-state index in [4.69, 9.17) is 4.99 Å². The van der Waals surface area contributed by atoms with Crippen LogP contribution >= 0.6 is 0 Å². The lowest BCUT2D eigenvalue weighted by molar-refractivity contribution is -0.127. The first-order valence-electron chi connectivity index (χ1n) is 23.9. The molecule has 0 heterocycles. The quantitative estimate of drug-likeness (QED) is 0.111. The van der Waals surface area contributed by atoms with E-state index < -0.39 is 11.2 Å². The molecule has 1 unspecified atom stereocenters. The molecule has 1 atom stereocenters. The van der Waals surface area contributed by atoms with Crippen molar-refractivity contribution in [2.45, 2.75) is 207 Å². The zero-order valence-corrected chi connectivity index (χ0v) is 42.6. The number of Topliss-reactive ketones (excluding diaryl/α,β-unsaturated/α-hetero) is 1. The molecule has 3 nitrogen and oxygen atoms in total. The molecule has 0 aromatic heterocycles. The van der Waals surface area contributed by atoms with Crippen molar-refractivity contribution in [2.24, 2.45) is 34.1 Å². The molecule has 1 aromatic rings. The lowest BCUT2D eigenvalue weighted by Gasteiger charge is -2.32. The number of ketones is 1. The number of halogens is 1. The molecule has 2 saturated carbocycles. The molecule has 1 N–H and O–H groups in total. The predicted octanol–water partition coefficient (Wildman–Crippen LogP) is 18.0. The summed E-state index contributed by atoms with van der Waals surface area (Å²) in [6, 6.07) is 6.16. The Kier molecular flexibility index (Phi) is 30.9. The van der Waals surface area contributed by atoms with Gasteiger partial charge in [-0.05, 0) is 156 Å². The third-order valence-electron chi connectivity index (χ3n) is 11.6. The zero-order valence-electron chi connectivity index (χ0n) is 42.6. The van der Waals surface area contributed by atoms with Gasteiger partial charge in [0.25, 0.3) is 0 Å². The van der Waals surface area contributed by atoms with E-state index in [2.05, 4.69) is 79.9 Å². The number of carbonyl (C=O) groups is 1. The van der Waals surface area contributed by atoms with Crippen molar-refractivity contribution >= 4 is 17.6 Å². The highest BCUT2D eigenvalue weighted by Gasteiger charge is 2.39. The summed E-state index contributed by atoms with van der Waals surface area (Å²) < 4.78 is 14.3. The van der Waals surface area contributed by atoms with E-state index in [1.807, 2.05) is 93.7 Å². The lowest BCUT2D eigenvalue weighted by Crippen LogP contribution is -2.34. The third kappa shape index (κ3) is 22.0. The van der Waals surface area contributed by atoms with Gasteiger partial charge in [0, 0.05) is 23.2 Å². The summed E-state index contributed by atoms with van der Waals surface area (Å²) in [5.74, 6) is 2.83. The van der Waals surface area contributed by atoms with Crippen LogP contribution in [0.1, 0.15) is 211 Å². The largest absolute Gasteiger partial charge is 0.356 e. The Balaban J connectivity index is 0. The number of aliphatic imine (C=N–C) groups is 1. The fourth-order valence-corrected chi connectivity index (χ4v) is 7.43. The van der Waals surface area contributed by atoms with Gasteiger partial charge in [0.05, 0.1) is 11.4 Å². The first-order chi connectivity index (χ1) is 28.2. The summed E-state index contributed by atoms with van der Waals surface area (Å²) in [6.07, 6.45) is 24.3. The number of allylic oxidation sites excluding steroid dienone is 8. The number of carbonyl (C=O) groups excluding carboxylic acids is 1. The maximum absolute atomic E-state index is 14.3. The fourth-order valence-electron chi connectivity index (χ4n) is 7.43. The number of unbranched alkanes of at least 4 members (excludes halogenated alkanes) is 1. The van der Waals surface area contributed by atoms with Crippen LogP contribution in [-0.4, -0.2) is 12.0 Å². The van der Waals surface area contributed by atoms with E-state index >= 15 is 0 Å². The highest BCUT2D eigenvalue weighted by molar-refractivity contribution is 5.91. The van der Waals surface area contributed by atoms with Crippen LogP contribution in [0, 0.1) is 36.0 Å². The Morgan fingerprint density at radius 2 is 1.60 bits per heavy atom. The zero-order chi connectivity index (χ0) is 46.6. The summed E-state index contributed by atoms with van der Waals surface area (Å²) in [7, 11) is 0. The minimum Gasteiger partial charge on any atom is -0.356 e. The number of aryl methyl sites for hydroxylation is 1. The van der Waals surface area contributed by atoms with Crippen LogP contribution in [0.5, 0.6) is 0 Å². The molecule has 1 aromatic carbocycles. The normalized spacial score (nSPS) is 18.1. The highest BCUT2D eigenvalue weighted by Crippen LogP contribution is 2.52. The number of rotatable bonds is 19. The number of nitrogens with one attached hydrogen (secondary N) is 1. The fraction of sp³-hybridized carbons (Fsp3) is 0.643. The monoisotopic (exact) mass is 831 g/mol. The molecular formula is C56H95FN2O. The average Bonchev–Trinajstić information content (AvgIpc) is 3.99. The Hall–Kier alpha value is -3.27. The summed E-state index contributed by atoms with van der Waals surface area (Å²) >= 11 is 0. The Morgan fingerprint density at radius 1 is 1.02 bits per heavy atom. The van der Waals surface area contributed by atoms with Crippen LogP contribution in [0.2, 0.25) is 0 Å². The lowest BCUT2D eigenvalue weighted by atomic mass is 9.73. The first kappa shape index (κ1) is 58.8. The van der Waals surface area contributed by atoms with Crippen molar-refractivity contribution in [1.29, 1.82) is 0 Å². The van der Waals surface area contributed by atoms with Crippen LogP contribution in [0.4, 0.5) is 4.39 Å². The maximum atomic E-state index is 14.3. The van der Waals surface area contributed by atoms with Gasteiger partial charge in [0.15, 0.2) is 0 Å². The molecular weight excluding hydrogens is 736 g/mol. The second kappa shape index (κ2) is 31.6. The van der Waals surface area contributed by atoms with Crippen molar-refractivity contribution in [3.8, 4) is 0 Å². The van der Waals surface area contributed by atoms with Gasteiger partial charge in [0.1, 0.15) is 11.6 Å². The SMILES string of the molecule is C=C/C(F)=C(\C=C/C)N/C(C)=C(C)/C(=C\C(=C)c1ccc(C(C)(C)C(=O)C(C)CC)c(C)c1)N=CCCC.CC.CC(C)C.CCCC1(CC)CC1.CCCC1CC(C)C1. The van der Waals surface area contributed by atoms with Gasteiger partial charge in [-0.25, -0.2) is 4.39 Å². The maximum Gasteiger partial charge on any atom is 0.146 e. The second-order valence-corrected chi connectivity index (χ2v) is 18.4. The number of nitrogens with zero attached hydrogens (tertiary/aromatic N) is 1. The van der Waals surface area contributed by atoms with Crippen LogP contribution in [-0.2, 0) is 10.2 Å². The Bertz CT molecular complexity index is 1550. The molecule has 0 saturated heterocycles. The van der Waals surface area contributed by atoms with Gasteiger partial charge in [0.2, 0.25) is 0 Å². The van der Waals surface area contributed by atoms with Gasteiger partial charge in [-0.2, -0.15) is 0 Å². The summed E-state index contributed by atoms with van der Waals surface area (Å²) in [5, 5.41) is 3.16. The van der Waals surface area contributed by atoms with Crippen LogP contribution in [0.15, 0.2) is 89.1 Å². The van der Waals surface area contributed by atoms with E-state index in [0.717, 1.165) is 81.7 Å². The molecule has 0 spiro atoms. The molecule has 0 bridgehead atoms. The molecule has 0 radical (unpaired) electrons. The van der Waals surface area contributed by atoms with E-state index in [1.165, 1.54) is 63.9 Å². The number of hydrogen-bond acceptors (Lipinski definition) is 3. The molecule has 2 fully saturated rings. The first-order valence-corrected chi connectivity index (χ1v) is 23.9.